The topological polar surface area (TPSA) is 38.4 Å². The van der Waals surface area contributed by atoms with E-state index in [4.69, 9.17) is 14.4 Å². The third-order valence-electron chi connectivity index (χ3n) is 7.22. The molecule has 0 bridgehead atoms. The van der Waals surface area contributed by atoms with Crippen LogP contribution in [0.2, 0.25) is 0 Å². The molecule has 3 heteroatoms. The molecule has 0 spiro atoms. The molecule has 0 saturated carbocycles. The van der Waals surface area contributed by atoms with E-state index >= 15 is 0 Å². The number of para-hydroxylation sites is 2. The lowest BCUT2D eigenvalue weighted by molar-refractivity contribution is 0.590. The van der Waals surface area contributed by atoms with Crippen molar-refractivity contribution in [1.29, 1.82) is 0 Å². The fourth-order valence-electron chi connectivity index (χ4n) is 4.91. The van der Waals surface area contributed by atoms with Crippen LogP contribution < -0.4 is 0 Å². The molecule has 1 heterocycles. The molecule has 196 valence electrons. The van der Waals surface area contributed by atoms with Crippen LogP contribution in [0.5, 0.6) is 0 Å². The molecule has 0 aliphatic carbocycles. The number of hydrogen-bond donors (Lipinski definition) is 0. The molecule has 0 saturated heterocycles. The minimum absolute atomic E-state index is 0.0807. The summed E-state index contributed by atoms with van der Waals surface area (Å²) in [7, 11) is 0. The quantitative estimate of drug-likeness (QED) is 0.212. The van der Waals surface area contributed by atoms with Gasteiger partial charge in [-0.3, -0.25) is 4.99 Å². The molecule has 6 rings (SSSR count). The lowest BCUT2D eigenvalue weighted by Crippen LogP contribution is -2.11. The van der Waals surface area contributed by atoms with Crippen molar-refractivity contribution in [1.82, 2.24) is 4.98 Å². The molecule has 0 fully saturated rings. The van der Waals surface area contributed by atoms with Crippen LogP contribution in [-0.2, 0) is 5.41 Å². The van der Waals surface area contributed by atoms with Gasteiger partial charge in [-0.05, 0) is 70.5 Å². The zero-order chi connectivity index (χ0) is 27.7. The number of aromatic nitrogens is 1. The van der Waals surface area contributed by atoms with Crippen LogP contribution in [0, 0.1) is 6.92 Å². The van der Waals surface area contributed by atoms with Crippen molar-refractivity contribution in [3.05, 3.63) is 132 Å². The molecule has 0 aliphatic rings. The van der Waals surface area contributed by atoms with E-state index in [-0.39, 0.29) is 5.41 Å². The van der Waals surface area contributed by atoms with Gasteiger partial charge in [0.05, 0.1) is 11.3 Å². The van der Waals surface area contributed by atoms with Crippen LogP contribution in [0.25, 0.3) is 44.8 Å². The summed E-state index contributed by atoms with van der Waals surface area (Å²) in [6.45, 7) is 8.77. The Morgan fingerprint density at radius 3 is 2.23 bits per heavy atom. The van der Waals surface area contributed by atoms with E-state index in [1.54, 1.807) is 0 Å². The Bertz CT molecular complexity index is 1840. The van der Waals surface area contributed by atoms with E-state index in [2.05, 4.69) is 107 Å². The molecule has 0 amide bonds. The zero-order valence-electron chi connectivity index (χ0n) is 23.3. The Balaban J connectivity index is 1.37. The second-order valence-corrected chi connectivity index (χ2v) is 11.3. The van der Waals surface area contributed by atoms with Crippen molar-refractivity contribution in [2.24, 2.45) is 4.99 Å². The monoisotopic (exact) mass is 520 g/mol. The summed E-state index contributed by atoms with van der Waals surface area (Å²) in [6.07, 6.45) is 1.92. The third-order valence-corrected chi connectivity index (χ3v) is 7.22. The molecule has 40 heavy (non-hydrogen) atoms. The van der Waals surface area contributed by atoms with E-state index in [9.17, 15) is 0 Å². The van der Waals surface area contributed by atoms with Crippen molar-refractivity contribution in [2.45, 2.75) is 33.1 Å². The fourth-order valence-corrected chi connectivity index (χ4v) is 4.91. The van der Waals surface area contributed by atoms with Crippen LogP contribution in [0.4, 0.5) is 5.69 Å². The number of aliphatic imine (C=N–C) groups is 1. The van der Waals surface area contributed by atoms with Gasteiger partial charge in [-0.25, -0.2) is 4.98 Å². The first-order valence-electron chi connectivity index (χ1n) is 13.7. The van der Waals surface area contributed by atoms with E-state index in [1.807, 2.05) is 42.6 Å². The average Bonchev–Trinajstić information content (AvgIpc) is 3.41. The van der Waals surface area contributed by atoms with Crippen LogP contribution >= 0.6 is 0 Å². The molecule has 1 aromatic heterocycles. The lowest BCUT2D eigenvalue weighted by atomic mass is 9.86. The standard InChI is InChI=1S/C37H32N2O/c1-25-18-20-27(21-19-25)28-11-8-12-29(23-28)31-15-9-17-34-35(31)39-36(40-34)32-14-5-6-16-33(32)38-24-26-10-7-13-30(22-26)37(2,3)4/h5-24H,1-4H3. The van der Waals surface area contributed by atoms with Gasteiger partial charge in [0, 0.05) is 11.8 Å². The zero-order valence-corrected chi connectivity index (χ0v) is 23.3. The molecule has 0 aliphatic heterocycles. The van der Waals surface area contributed by atoms with E-state index in [1.165, 1.54) is 22.3 Å². The molecule has 0 unspecified atom stereocenters. The Morgan fingerprint density at radius 1 is 0.675 bits per heavy atom. The summed E-state index contributed by atoms with van der Waals surface area (Å²) < 4.78 is 6.32. The highest BCUT2D eigenvalue weighted by Crippen LogP contribution is 2.36. The number of oxazole rings is 1. The normalized spacial score (nSPS) is 11.9. The fraction of sp³-hybridized carbons (Fsp3) is 0.135. The Morgan fingerprint density at radius 2 is 1.40 bits per heavy atom. The van der Waals surface area contributed by atoms with E-state index < -0.39 is 0 Å². The van der Waals surface area contributed by atoms with Gasteiger partial charge in [0.1, 0.15) is 5.52 Å². The summed E-state index contributed by atoms with van der Waals surface area (Å²) in [5, 5.41) is 0. The third kappa shape index (κ3) is 5.23. The average molecular weight is 521 g/mol. The number of hydrogen-bond acceptors (Lipinski definition) is 3. The summed E-state index contributed by atoms with van der Waals surface area (Å²) in [5.74, 6) is 0.563. The maximum Gasteiger partial charge on any atom is 0.229 e. The van der Waals surface area contributed by atoms with Gasteiger partial charge < -0.3 is 4.42 Å². The largest absolute Gasteiger partial charge is 0.436 e. The minimum Gasteiger partial charge on any atom is -0.436 e. The second-order valence-electron chi connectivity index (χ2n) is 11.3. The van der Waals surface area contributed by atoms with Gasteiger partial charge in [-0.1, -0.05) is 111 Å². The highest BCUT2D eigenvalue weighted by Gasteiger charge is 2.16. The summed E-state index contributed by atoms with van der Waals surface area (Å²) in [4.78, 5) is 9.85. The maximum atomic E-state index is 6.32. The number of nitrogens with zero attached hydrogens (tertiary/aromatic N) is 2. The smallest absolute Gasteiger partial charge is 0.229 e. The highest BCUT2D eigenvalue weighted by molar-refractivity contribution is 5.94. The van der Waals surface area contributed by atoms with Gasteiger partial charge in [0.2, 0.25) is 5.89 Å². The van der Waals surface area contributed by atoms with Crippen LogP contribution in [0.3, 0.4) is 0 Å². The first-order chi connectivity index (χ1) is 19.3. The van der Waals surface area contributed by atoms with E-state index in [0.29, 0.717) is 5.89 Å². The van der Waals surface area contributed by atoms with Crippen molar-refractivity contribution in [3.8, 4) is 33.7 Å². The molecule has 5 aromatic carbocycles. The molecule has 6 aromatic rings. The minimum atomic E-state index is 0.0807. The van der Waals surface area contributed by atoms with Gasteiger partial charge in [0.15, 0.2) is 5.58 Å². The molecule has 0 atom stereocenters. The summed E-state index contributed by atoms with van der Waals surface area (Å²) >= 11 is 0. The molecular weight excluding hydrogens is 488 g/mol. The van der Waals surface area contributed by atoms with Crippen LogP contribution in [0.1, 0.15) is 37.5 Å². The SMILES string of the molecule is Cc1ccc(-c2cccc(-c3cccc4oc(-c5ccccc5N=Cc5cccc(C(C)(C)C)c5)nc34)c2)cc1. The van der Waals surface area contributed by atoms with Crippen molar-refractivity contribution in [2.75, 3.05) is 0 Å². The van der Waals surface area contributed by atoms with Gasteiger partial charge in [0.25, 0.3) is 0 Å². The van der Waals surface area contributed by atoms with Gasteiger partial charge in [-0.15, -0.1) is 0 Å². The Labute approximate surface area is 235 Å². The second kappa shape index (κ2) is 10.4. The van der Waals surface area contributed by atoms with Gasteiger partial charge in [-0.2, -0.15) is 0 Å². The van der Waals surface area contributed by atoms with E-state index in [0.717, 1.165) is 39.0 Å². The van der Waals surface area contributed by atoms with Crippen molar-refractivity contribution < 1.29 is 4.42 Å². The van der Waals surface area contributed by atoms with Crippen molar-refractivity contribution >= 4 is 23.0 Å². The highest BCUT2D eigenvalue weighted by atomic mass is 16.3. The Hall–Kier alpha value is -4.76. The maximum absolute atomic E-state index is 6.32. The molecular formula is C37H32N2O. The number of fused-ring (bicyclic) bond motifs is 1. The van der Waals surface area contributed by atoms with Crippen molar-refractivity contribution in [3.63, 3.8) is 0 Å². The predicted octanol–water partition coefficient (Wildman–Crippen LogP) is 10.2. The molecule has 0 radical (unpaired) electrons. The first-order valence-corrected chi connectivity index (χ1v) is 13.7. The van der Waals surface area contributed by atoms with Crippen LogP contribution in [0.15, 0.2) is 125 Å². The number of aryl methyl sites for hydroxylation is 1. The lowest BCUT2D eigenvalue weighted by Gasteiger charge is -2.19. The summed E-state index contributed by atoms with van der Waals surface area (Å²) in [6, 6.07) is 39.9. The van der Waals surface area contributed by atoms with Crippen LogP contribution in [-0.4, -0.2) is 11.2 Å². The number of rotatable bonds is 5. The molecule has 3 nitrogen and oxygen atoms in total. The molecule has 0 N–H and O–H groups in total. The summed E-state index contributed by atoms with van der Waals surface area (Å²) in [5.41, 5.74) is 11.5. The van der Waals surface area contributed by atoms with Gasteiger partial charge >= 0.3 is 0 Å². The number of benzene rings is 5. The first kappa shape index (κ1) is 25.5. The predicted molar refractivity (Wildman–Crippen MR) is 167 cm³/mol. The Kier molecular flexibility index (Phi) is 6.65.